The van der Waals surface area contributed by atoms with Gasteiger partial charge in [0, 0.05) is 28.7 Å². The van der Waals surface area contributed by atoms with Gasteiger partial charge in [0.15, 0.2) is 0 Å². The first-order chi connectivity index (χ1) is 11.0. The summed E-state index contributed by atoms with van der Waals surface area (Å²) in [5, 5.41) is 9.67. The first-order valence-corrected chi connectivity index (χ1v) is 8.06. The lowest BCUT2D eigenvalue weighted by molar-refractivity contribution is -0.123. The maximum absolute atomic E-state index is 12.4. The Morgan fingerprint density at radius 2 is 2.04 bits per heavy atom. The third-order valence-electron chi connectivity index (χ3n) is 3.69. The normalized spacial score (nSPS) is 16.8. The van der Waals surface area contributed by atoms with E-state index in [9.17, 15) is 9.59 Å². The second-order valence-electron chi connectivity index (χ2n) is 5.53. The molecule has 2 amide bonds. The van der Waals surface area contributed by atoms with E-state index in [0.29, 0.717) is 4.91 Å². The maximum atomic E-state index is 12.4. The molecule has 0 N–H and O–H groups in total. The smallest absolute Gasteiger partial charge is 0.293 e. The molecule has 1 aromatic carbocycles. The van der Waals surface area contributed by atoms with Crippen LogP contribution in [0.2, 0.25) is 0 Å². The van der Waals surface area contributed by atoms with E-state index in [1.54, 1.807) is 6.08 Å². The standard InChI is InChI=1S/C17H15N3O2S/c1-11(2)20-16(21)15(23-17(20)22)9-12-10-19(8-7-18)14-6-4-3-5-13(12)14/h3-6,9-11H,8H2,1-2H3. The number of nitrogens with zero attached hydrogens (tertiary/aromatic N) is 3. The Balaban J connectivity index is 2.07. The number of carbonyl (C=O) groups is 2. The molecule has 116 valence electrons. The zero-order valence-electron chi connectivity index (χ0n) is 12.8. The minimum absolute atomic E-state index is 0.159. The summed E-state index contributed by atoms with van der Waals surface area (Å²) in [7, 11) is 0. The van der Waals surface area contributed by atoms with Gasteiger partial charge in [-0.25, -0.2) is 0 Å². The lowest BCUT2D eigenvalue weighted by atomic mass is 10.1. The van der Waals surface area contributed by atoms with Crippen LogP contribution in [-0.2, 0) is 11.3 Å². The van der Waals surface area contributed by atoms with Crippen LogP contribution >= 0.6 is 11.8 Å². The lowest BCUT2D eigenvalue weighted by Gasteiger charge is -2.16. The van der Waals surface area contributed by atoms with Crippen LogP contribution in [0.5, 0.6) is 0 Å². The Bertz CT molecular complexity index is 874. The summed E-state index contributed by atoms with van der Waals surface area (Å²) in [6.07, 6.45) is 3.58. The molecule has 0 spiro atoms. The molecule has 2 aromatic rings. The molecule has 2 heterocycles. The minimum Gasteiger partial charge on any atom is -0.333 e. The Kier molecular flexibility index (Phi) is 3.97. The van der Waals surface area contributed by atoms with Gasteiger partial charge in [-0.3, -0.25) is 14.5 Å². The molecule has 6 heteroatoms. The summed E-state index contributed by atoms with van der Waals surface area (Å²) in [6, 6.07) is 9.67. The molecule has 5 nitrogen and oxygen atoms in total. The van der Waals surface area contributed by atoms with Gasteiger partial charge in [-0.1, -0.05) is 18.2 Å². The summed E-state index contributed by atoms with van der Waals surface area (Å²) in [4.78, 5) is 26.1. The van der Waals surface area contributed by atoms with Gasteiger partial charge >= 0.3 is 0 Å². The number of para-hydroxylation sites is 1. The molecule has 1 aliphatic heterocycles. The van der Waals surface area contributed by atoms with Crippen LogP contribution in [-0.4, -0.2) is 26.7 Å². The van der Waals surface area contributed by atoms with Crippen molar-refractivity contribution in [2.45, 2.75) is 26.4 Å². The van der Waals surface area contributed by atoms with Crippen molar-refractivity contribution in [1.82, 2.24) is 9.47 Å². The highest BCUT2D eigenvalue weighted by Gasteiger charge is 2.36. The summed E-state index contributed by atoms with van der Waals surface area (Å²) >= 11 is 0.960. The number of nitriles is 1. The van der Waals surface area contributed by atoms with Gasteiger partial charge in [-0.05, 0) is 37.8 Å². The topological polar surface area (TPSA) is 66.1 Å². The Hall–Kier alpha value is -2.52. The highest BCUT2D eigenvalue weighted by Crippen LogP contribution is 2.35. The summed E-state index contributed by atoms with van der Waals surface area (Å²) in [5.74, 6) is -0.257. The van der Waals surface area contributed by atoms with Crippen molar-refractivity contribution < 1.29 is 9.59 Å². The predicted octanol–water partition coefficient (Wildman–Crippen LogP) is 3.61. The summed E-state index contributed by atoms with van der Waals surface area (Å²) in [6.45, 7) is 3.87. The van der Waals surface area contributed by atoms with Gasteiger partial charge in [0.1, 0.15) is 6.54 Å². The quantitative estimate of drug-likeness (QED) is 0.809. The Labute approximate surface area is 138 Å². The molecule has 1 saturated heterocycles. The zero-order valence-corrected chi connectivity index (χ0v) is 13.6. The maximum Gasteiger partial charge on any atom is 0.293 e. The van der Waals surface area contributed by atoms with Gasteiger partial charge < -0.3 is 4.57 Å². The average molecular weight is 325 g/mol. The Morgan fingerprint density at radius 1 is 1.30 bits per heavy atom. The first kappa shape index (κ1) is 15.4. The van der Waals surface area contributed by atoms with Gasteiger partial charge in [0.2, 0.25) is 0 Å². The van der Waals surface area contributed by atoms with E-state index in [-0.39, 0.29) is 23.7 Å². The van der Waals surface area contributed by atoms with E-state index < -0.39 is 0 Å². The van der Waals surface area contributed by atoms with E-state index in [0.717, 1.165) is 28.2 Å². The fourth-order valence-corrected chi connectivity index (χ4v) is 3.62. The minimum atomic E-state index is -0.257. The van der Waals surface area contributed by atoms with Crippen LogP contribution in [0.4, 0.5) is 4.79 Å². The van der Waals surface area contributed by atoms with Gasteiger partial charge in [0.05, 0.1) is 11.0 Å². The number of thioether (sulfide) groups is 1. The molecule has 0 saturated carbocycles. The van der Waals surface area contributed by atoms with Gasteiger partial charge in [-0.15, -0.1) is 0 Å². The van der Waals surface area contributed by atoms with Crippen LogP contribution < -0.4 is 0 Å². The molecule has 1 aromatic heterocycles. The lowest BCUT2D eigenvalue weighted by Crippen LogP contribution is -2.34. The number of benzene rings is 1. The van der Waals surface area contributed by atoms with Gasteiger partial charge in [0.25, 0.3) is 11.1 Å². The number of imide groups is 1. The monoisotopic (exact) mass is 325 g/mol. The van der Waals surface area contributed by atoms with Crippen molar-refractivity contribution in [3.8, 4) is 6.07 Å². The molecule has 23 heavy (non-hydrogen) atoms. The molecule has 1 fully saturated rings. The predicted molar refractivity (Wildman–Crippen MR) is 90.5 cm³/mol. The molecule has 1 aliphatic rings. The second-order valence-corrected chi connectivity index (χ2v) is 6.53. The summed E-state index contributed by atoms with van der Waals surface area (Å²) < 4.78 is 1.84. The number of fused-ring (bicyclic) bond motifs is 1. The van der Waals surface area contributed by atoms with Crippen LogP contribution in [0.1, 0.15) is 19.4 Å². The molecule has 0 radical (unpaired) electrons. The Morgan fingerprint density at radius 3 is 2.70 bits per heavy atom. The highest BCUT2D eigenvalue weighted by atomic mass is 32.2. The third-order valence-corrected chi connectivity index (χ3v) is 4.57. The second kappa shape index (κ2) is 5.94. The van der Waals surface area contributed by atoms with Crippen LogP contribution in [0.25, 0.3) is 17.0 Å². The molecule has 3 rings (SSSR count). The third kappa shape index (κ3) is 2.64. The fraction of sp³-hybridized carbons (Fsp3) is 0.235. The van der Waals surface area contributed by atoms with Crippen molar-refractivity contribution in [3.05, 3.63) is 40.9 Å². The molecule has 0 unspecified atom stereocenters. The van der Waals surface area contributed by atoms with Gasteiger partial charge in [-0.2, -0.15) is 5.26 Å². The first-order valence-electron chi connectivity index (χ1n) is 7.25. The van der Waals surface area contributed by atoms with E-state index >= 15 is 0 Å². The molecule has 0 bridgehead atoms. The molecule has 0 aliphatic carbocycles. The van der Waals surface area contributed by atoms with Crippen LogP contribution in [0, 0.1) is 11.3 Å². The number of amides is 2. The molecular weight excluding hydrogens is 310 g/mol. The number of aromatic nitrogens is 1. The van der Waals surface area contributed by atoms with Crippen LogP contribution in [0.3, 0.4) is 0 Å². The zero-order chi connectivity index (χ0) is 16.6. The summed E-state index contributed by atoms with van der Waals surface area (Å²) in [5.41, 5.74) is 1.77. The van der Waals surface area contributed by atoms with Crippen molar-refractivity contribution in [3.63, 3.8) is 0 Å². The number of hydrogen-bond donors (Lipinski definition) is 0. The van der Waals surface area contributed by atoms with Crippen molar-refractivity contribution in [2.24, 2.45) is 0 Å². The van der Waals surface area contributed by atoms with Crippen molar-refractivity contribution in [1.29, 1.82) is 5.26 Å². The van der Waals surface area contributed by atoms with Crippen molar-refractivity contribution >= 4 is 39.9 Å². The number of rotatable bonds is 3. The fourth-order valence-electron chi connectivity index (χ4n) is 2.66. The average Bonchev–Trinajstić information content (AvgIpc) is 2.99. The van der Waals surface area contributed by atoms with E-state index in [4.69, 9.17) is 5.26 Å². The van der Waals surface area contributed by atoms with Crippen molar-refractivity contribution in [2.75, 3.05) is 0 Å². The van der Waals surface area contributed by atoms with E-state index in [1.807, 2.05) is 48.9 Å². The van der Waals surface area contributed by atoms with Crippen LogP contribution in [0.15, 0.2) is 35.4 Å². The molecular formula is C17H15N3O2S. The largest absolute Gasteiger partial charge is 0.333 e. The van der Waals surface area contributed by atoms with E-state index in [2.05, 4.69) is 6.07 Å². The SMILES string of the molecule is CC(C)N1C(=O)SC(=Cc2cn(CC#N)c3ccccc23)C1=O. The highest BCUT2D eigenvalue weighted by molar-refractivity contribution is 8.18. The molecule has 0 atom stereocenters. The number of hydrogen-bond acceptors (Lipinski definition) is 4. The number of carbonyl (C=O) groups excluding carboxylic acids is 2. The van der Waals surface area contributed by atoms with E-state index in [1.165, 1.54) is 4.90 Å².